The minimum absolute atomic E-state index is 0.157. The molecule has 0 bridgehead atoms. The van der Waals surface area contributed by atoms with E-state index in [2.05, 4.69) is 10.1 Å². The van der Waals surface area contributed by atoms with E-state index >= 15 is 0 Å². The van der Waals surface area contributed by atoms with Gasteiger partial charge in [0.25, 0.3) is 0 Å². The van der Waals surface area contributed by atoms with Crippen molar-refractivity contribution < 1.29 is 31.1 Å². The molecule has 1 aromatic rings. The zero-order valence-electron chi connectivity index (χ0n) is 11.2. The normalized spacial score (nSPS) is 13.7. The lowest BCUT2D eigenvalue weighted by molar-refractivity contribution is -0.166. The summed E-state index contributed by atoms with van der Waals surface area (Å²) >= 11 is 0. The summed E-state index contributed by atoms with van der Waals surface area (Å²) in [7, 11) is 1.44. The molecule has 21 heavy (non-hydrogen) atoms. The van der Waals surface area contributed by atoms with Gasteiger partial charge in [0.05, 0.1) is 6.61 Å². The van der Waals surface area contributed by atoms with Crippen LogP contribution in [0.1, 0.15) is 5.56 Å². The summed E-state index contributed by atoms with van der Waals surface area (Å²) in [6, 6.07) is 2.64. The van der Waals surface area contributed by atoms with Crippen LogP contribution in [0.15, 0.2) is 18.2 Å². The number of ether oxygens (including phenoxy) is 1. The number of rotatable bonds is 8. The smallest absolute Gasteiger partial charge is 0.330 e. The largest absolute Gasteiger partial charge is 0.373 e. The van der Waals surface area contributed by atoms with Gasteiger partial charge in [-0.2, -0.15) is 8.78 Å². The Morgan fingerprint density at radius 3 is 2.24 bits per heavy atom. The van der Waals surface area contributed by atoms with Crippen molar-refractivity contribution in [1.82, 2.24) is 5.32 Å². The number of halogens is 6. The van der Waals surface area contributed by atoms with E-state index in [-0.39, 0.29) is 18.6 Å². The van der Waals surface area contributed by atoms with E-state index in [0.29, 0.717) is 0 Å². The zero-order chi connectivity index (χ0) is 16.0. The summed E-state index contributed by atoms with van der Waals surface area (Å²) < 4.78 is 80.5. The Morgan fingerprint density at radius 1 is 1.19 bits per heavy atom. The van der Waals surface area contributed by atoms with Gasteiger partial charge in [-0.15, -0.1) is 0 Å². The van der Waals surface area contributed by atoms with Crippen LogP contribution in [0.25, 0.3) is 0 Å². The third kappa shape index (κ3) is 5.20. The molecule has 0 saturated heterocycles. The lowest BCUT2D eigenvalue weighted by Crippen LogP contribution is -2.37. The van der Waals surface area contributed by atoms with Crippen molar-refractivity contribution >= 4 is 0 Å². The summed E-state index contributed by atoms with van der Waals surface area (Å²) in [6.45, 7) is -1.84. The minimum Gasteiger partial charge on any atom is -0.373 e. The highest BCUT2D eigenvalue weighted by atomic mass is 19.3. The molecule has 1 unspecified atom stereocenters. The molecule has 0 aliphatic heterocycles. The Balaban J connectivity index is 2.57. The van der Waals surface area contributed by atoms with Crippen molar-refractivity contribution in [2.24, 2.45) is 0 Å². The maximum atomic E-state index is 13.4. The van der Waals surface area contributed by atoms with Crippen LogP contribution in [-0.4, -0.2) is 38.7 Å². The first-order chi connectivity index (χ1) is 9.77. The molecule has 120 valence electrons. The predicted octanol–water partition coefficient (Wildman–Crippen LogP) is 3.01. The number of likely N-dealkylation sites (N-methyl/N-ethyl adjacent to an activating group) is 1. The van der Waals surface area contributed by atoms with Crippen LogP contribution in [-0.2, 0) is 11.2 Å². The van der Waals surface area contributed by atoms with Gasteiger partial charge in [-0.3, -0.25) is 0 Å². The molecule has 8 heteroatoms. The highest BCUT2D eigenvalue weighted by Crippen LogP contribution is 2.23. The van der Waals surface area contributed by atoms with Crippen molar-refractivity contribution in [3.05, 3.63) is 35.4 Å². The molecular weight excluding hydrogens is 300 g/mol. The molecule has 1 rings (SSSR count). The number of nitrogens with one attached hydrogen (secondary N) is 1. The highest BCUT2D eigenvalue weighted by Gasteiger charge is 2.41. The van der Waals surface area contributed by atoms with Gasteiger partial charge in [-0.1, -0.05) is 6.07 Å². The molecule has 0 aliphatic carbocycles. The van der Waals surface area contributed by atoms with Crippen LogP contribution < -0.4 is 5.32 Å². The molecule has 0 fully saturated rings. The number of benzene rings is 1. The van der Waals surface area contributed by atoms with Crippen molar-refractivity contribution in [2.75, 3.05) is 20.3 Å². The quantitative estimate of drug-likeness (QED) is 0.745. The number of hydrogen-bond donors (Lipinski definition) is 1. The summed E-state index contributed by atoms with van der Waals surface area (Å²) in [6.07, 6.45) is -3.98. The molecule has 0 heterocycles. The average Bonchev–Trinajstić information content (AvgIpc) is 2.40. The molecule has 0 aromatic heterocycles. The second-order valence-electron chi connectivity index (χ2n) is 4.47. The molecule has 2 nitrogen and oxygen atoms in total. The minimum atomic E-state index is -4.25. The first-order valence-corrected chi connectivity index (χ1v) is 6.11. The van der Waals surface area contributed by atoms with Gasteiger partial charge in [-0.05, 0) is 25.6 Å². The van der Waals surface area contributed by atoms with Gasteiger partial charge in [-0.25, -0.2) is 17.6 Å². The fourth-order valence-electron chi connectivity index (χ4n) is 1.62. The van der Waals surface area contributed by atoms with Crippen LogP contribution >= 0.6 is 0 Å². The third-order valence-electron chi connectivity index (χ3n) is 2.85. The van der Waals surface area contributed by atoms with E-state index in [4.69, 9.17) is 0 Å². The Labute approximate surface area is 118 Å². The lowest BCUT2D eigenvalue weighted by atomic mass is 10.1. The maximum absolute atomic E-state index is 13.4. The van der Waals surface area contributed by atoms with Crippen molar-refractivity contribution in [2.45, 2.75) is 24.8 Å². The standard InChI is InChI=1S/C13H15F6NO/c1-20-8(6-21-7-13(18,19)12(16)17)5-9-10(14)3-2-4-11(9)15/h2-4,8,12,20H,5-7H2,1H3. The van der Waals surface area contributed by atoms with Gasteiger partial charge in [0, 0.05) is 11.6 Å². The molecule has 1 atom stereocenters. The topological polar surface area (TPSA) is 21.3 Å². The molecular formula is C13H15F6NO. The number of alkyl halides is 4. The first kappa shape index (κ1) is 17.8. The third-order valence-corrected chi connectivity index (χ3v) is 2.85. The van der Waals surface area contributed by atoms with E-state index < -0.39 is 36.6 Å². The van der Waals surface area contributed by atoms with Gasteiger partial charge >= 0.3 is 12.3 Å². The van der Waals surface area contributed by atoms with Crippen LogP contribution in [0.5, 0.6) is 0 Å². The number of hydrogen-bond acceptors (Lipinski definition) is 2. The van der Waals surface area contributed by atoms with Gasteiger partial charge < -0.3 is 10.1 Å². The lowest BCUT2D eigenvalue weighted by Gasteiger charge is -2.20. The van der Waals surface area contributed by atoms with Gasteiger partial charge in [0.15, 0.2) is 0 Å². The second kappa shape index (κ2) is 7.65. The molecule has 0 radical (unpaired) electrons. The van der Waals surface area contributed by atoms with Crippen LogP contribution in [0, 0.1) is 11.6 Å². The predicted molar refractivity (Wildman–Crippen MR) is 64.7 cm³/mol. The Morgan fingerprint density at radius 2 is 1.76 bits per heavy atom. The summed E-state index contributed by atoms with van der Waals surface area (Å²) in [5, 5.41) is 2.63. The Kier molecular flexibility index (Phi) is 6.47. The molecule has 0 spiro atoms. The van der Waals surface area contributed by atoms with Crippen LogP contribution in [0.3, 0.4) is 0 Å². The van der Waals surface area contributed by atoms with Crippen LogP contribution in [0.2, 0.25) is 0 Å². The maximum Gasteiger partial charge on any atom is 0.330 e. The molecule has 1 N–H and O–H groups in total. The monoisotopic (exact) mass is 315 g/mol. The van der Waals surface area contributed by atoms with E-state index in [0.717, 1.165) is 12.1 Å². The first-order valence-electron chi connectivity index (χ1n) is 6.11. The summed E-state index contributed by atoms with van der Waals surface area (Å²) in [4.78, 5) is 0. The van der Waals surface area contributed by atoms with Crippen molar-refractivity contribution in [1.29, 1.82) is 0 Å². The van der Waals surface area contributed by atoms with E-state index in [1.807, 2.05) is 0 Å². The average molecular weight is 315 g/mol. The van der Waals surface area contributed by atoms with E-state index in [1.54, 1.807) is 0 Å². The molecule has 1 aromatic carbocycles. The fraction of sp³-hybridized carbons (Fsp3) is 0.538. The zero-order valence-corrected chi connectivity index (χ0v) is 11.2. The Hall–Kier alpha value is -1.28. The molecule has 0 amide bonds. The SMILES string of the molecule is CNC(COCC(F)(F)C(F)F)Cc1c(F)cccc1F. The van der Waals surface area contributed by atoms with E-state index in [9.17, 15) is 26.3 Å². The van der Waals surface area contributed by atoms with Crippen LogP contribution in [0.4, 0.5) is 26.3 Å². The van der Waals surface area contributed by atoms with E-state index in [1.165, 1.54) is 13.1 Å². The van der Waals surface area contributed by atoms with Gasteiger partial charge in [0.2, 0.25) is 0 Å². The Bertz CT molecular complexity index is 434. The van der Waals surface area contributed by atoms with Crippen molar-refractivity contribution in [3.63, 3.8) is 0 Å². The fourth-order valence-corrected chi connectivity index (χ4v) is 1.62. The molecule has 0 aliphatic rings. The van der Waals surface area contributed by atoms with Crippen molar-refractivity contribution in [3.8, 4) is 0 Å². The summed E-state index contributed by atoms with van der Waals surface area (Å²) in [5.41, 5.74) is -0.221. The second-order valence-corrected chi connectivity index (χ2v) is 4.47. The summed E-state index contributed by atoms with van der Waals surface area (Å²) in [5.74, 6) is -5.79. The highest BCUT2D eigenvalue weighted by molar-refractivity contribution is 5.20. The molecule has 0 saturated carbocycles. The van der Waals surface area contributed by atoms with Gasteiger partial charge in [0.1, 0.15) is 18.2 Å².